The zero-order valence-electron chi connectivity index (χ0n) is 11.1. The van der Waals surface area contributed by atoms with Crippen LogP contribution >= 0.6 is 34.8 Å². The number of nitrogens with zero attached hydrogens (tertiary/aromatic N) is 3. The van der Waals surface area contributed by atoms with E-state index in [0.717, 1.165) is 19.6 Å². The minimum Gasteiger partial charge on any atom is -0.364 e. The van der Waals surface area contributed by atoms with E-state index < -0.39 is 0 Å². The third kappa shape index (κ3) is 6.92. The highest BCUT2D eigenvalue weighted by Gasteiger charge is 2.29. The van der Waals surface area contributed by atoms with Crippen LogP contribution in [0.15, 0.2) is 0 Å². The molecule has 0 aliphatic carbocycles. The Hall–Kier alpha value is 0.945. The molecule has 3 radical (unpaired) electrons. The van der Waals surface area contributed by atoms with E-state index in [1.165, 1.54) is 0 Å². The van der Waals surface area contributed by atoms with Crippen molar-refractivity contribution in [3.05, 3.63) is 0 Å². The lowest BCUT2D eigenvalue weighted by atomic mass is 9.73. The molecule has 99 valence electrons. The van der Waals surface area contributed by atoms with E-state index in [-0.39, 0.29) is 16.1 Å². The van der Waals surface area contributed by atoms with Crippen LogP contribution in [0.4, 0.5) is 0 Å². The Labute approximate surface area is 128 Å². The third-order valence-electron chi connectivity index (χ3n) is 2.28. The van der Waals surface area contributed by atoms with E-state index in [4.69, 9.17) is 34.8 Å². The van der Waals surface area contributed by atoms with E-state index in [0.29, 0.717) is 0 Å². The summed E-state index contributed by atoms with van der Waals surface area (Å²) in [5, 5.41) is 0.253. The summed E-state index contributed by atoms with van der Waals surface area (Å²) in [4.78, 5) is 0. The van der Waals surface area contributed by atoms with Gasteiger partial charge in [0.15, 0.2) is 0 Å². The molecule has 9 heteroatoms. The lowest BCUT2D eigenvalue weighted by Crippen LogP contribution is -2.63. The van der Waals surface area contributed by atoms with Crippen LogP contribution in [-0.2, 0) is 0 Å². The van der Waals surface area contributed by atoms with Gasteiger partial charge in [0.05, 0.1) is 0 Å². The molecular weight excluding hydrogens is 289 g/mol. The van der Waals surface area contributed by atoms with Crippen LogP contribution in [0.25, 0.3) is 0 Å². The van der Waals surface area contributed by atoms with Crippen LogP contribution in [0, 0.1) is 0 Å². The molecule has 0 N–H and O–H groups in total. The molecule has 0 amide bonds. The minimum atomic E-state index is 0.0844. The fourth-order valence-corrected chi connectivity index (χ4v) is 2.29. The summed E-state index contributed by atoms with van der Waals surface area (Å²) in [6.07, 6.45) is 0. The average Bonchev–Trinajstić information content (AvgIpc) is 2.12. The molecule has 1 saturated heterocycles. The lowest BCUT2D eigenvalue weighted by Gasteiger charge is -2.41. The molecule has 18 heavy (non-hydrogen) atoms. The first-order valence-electron chi connectivity index (χ1n) is 6.11. The summed E-state index contributed by atoms with van der Waals surface area (Å²) in [6.45, 7) is 8.21. The van der Waals surface area contributed by atoms with Gasteiger partial charge < -0.3 is 14.2 Å². The van der Waals surface area contributed by atoms with E-state index in [9.17, 15) is 0 Å². The molecule has 1 heterocycles. The SMILES string of the molecule is CC(Cl)CN1[B]N(CC(C)Cl)[B]N(CC(C)Cl)[B]1. The van der Waals surface area contributed by atoms with Gasteiger partial charge in [-0.05, 0) is 40.4 Å². The van der Waals surface area contributed by atoms with Gasteiger partial charge in [0.1, 0.15) is 0 Å². The van der Waals surface area contributed by atoms with E-state index >= 15 is 0 Å². The molecule has 3 nitrogen and oxygen atoms in total. The summed E-state index contributed by atoms with van der Waals surface area (Å²) in [6, 6.07) is 0. The molecular formula is C9H18B3Cl3N3. The molecule has 1 rings (SSSR count). The monoisotopic (exact) mass is 306 g/mol. The Balaban J connectivity index is 2.54. The second-order valence-electron chi connectivity index (χ2n) is 4.78. The highest BCUT2D eigenvalue weighted by Crippen LogP contribution is 2.09. The number of hydrogen-bond acceptors (Lipinski definition) is 3. The smallest absolute Gasteiger partial charge is 0.290 e. The molecule has 0 bridgehead atoms. The first-order valence-corrected chi connectivity index (χ1v) is 7.42. The fraction of sp³-hybridized carbons (Fsp3) is 1.00. The first kappa shape index (κ1) is 17.0. The van der Waals surface area contributed by atoms with Crippen LogP contribution in [0.2, 0.25) is 0 Å². The second-order valence-corrected chi connectivity index (χ2v) is 7.01. The van der Waals surface area contributed by atoms with Crippen LogP contribution in [0.5, 0.6) is 0 Å². The summed E-state index contributed by atoms with van der Waals surface area (Å²) in [7, 11) is 6.06. The summed E-state index contributed by atoms with van der Waals surface area (Å²) in [5.74, 6) is 0. The second kappa shape index (κ2) is 8.28. The van der Waals surface area contributed by atoms with Gasteiger partial charge in [0.25, 0.3) is 22.6 Å². The molecule has 0 saturated carbocycles. The van der Waals surface area contributed by atoms with Crippen molar-refractivity contribution >= 4 is 57.5 Å². The van der Waals surface area contributed by atoms with Crippen molar-refractivity contribution in [1.82, 2.24) is 14.2 Å². The quantitative estimate of drug-likeness (QED) is 0.542. The van der Waals surface area contributed by atoms with E-state index in [2.05, 4.69) is 14.2 Å². The number of rotatable bonds is 6. The number of alkyl halides is 3. The van der Waals surface area contributed by atoms with Crippen molar-refractivity contribution in [2.75, 3.05) is 19.6 Å². The fourth-order valence-electron chi connectivity index (χ4n) is 1.82. The predicted molar refractivity (Wildman–Crippen MR) is 83.3 cm³/mol. The summed E-state index contributed by atoms with van der Waals surface area (Å²) in [5.41, 5.74) is 0. The predicted octanol–water partition coefficient (Wildman–Crippen LogP) is 1.39. The lowest BCUT2D eigenvalue weighted by molar-refractivity contribution is 0.475. The third-order valence-corrected chi connectivity index (χ3v) is 2.69. The minimum absolute atomic E-state index is 0.0844. The van der Waals surface area contributed by atoms with Crippen molar-refractivity contribution in [1.29, 1.82) is 0 Å². The van der Waals surface area contributed by atoms with Gasteiger partial charge in [-0.2, -0.15) is 0 Å². The Morgan fingerprint density at radius 3 is 1.06 bits per heavy atom. The van der Waals surface area contributed by atoms with Crippen molar-refractivity contribution in [3.63, 3.8) is 0 Å². The maximum atomic E-state index is 6.04. The summed E-state index contributed by atoms with van der Waals surface area (Å²) < 4.78 is 6.20. The van der Waals surface area contributed by atoms with Crippen LogP contribution in [0.3, 0.4) is 0 Å². The molecule has 0 spiro atoms. The largest absolute Gasteiger partial charge is 0.364 e. The van der Waals surface area contributed by atoms with Gasteiger partial charge in [0, 0.05) is 16.1 Å². The Morgan fingerprint density at radius 1 is 0.667 bits per heavy atom. The topological polar surface area (TPSA) is 9.72 Å². The van der Waals surface area contributed by atoms with Gasteiger partial charge in [-0.3, -0.25) is 0 Å². The van der Waals surface area contributed by atoms with Crippen LogP contribution in [-0.4, -0.2) is 72.6 Å². The van der Waals surface area contributed by atoms with Crippen LogP contribution in [0.1, 0.15) is 20.8 Å². The normalized spacial score (nSPS) is 23.7. The van der Waals surface area contributed by atoms with Gasteiger partial charge in [-0.15, -0.1) is 34.8 Å². The van der Waals surface area contributed by atoms with Gasteiger partial charge in [-0.1, -0.05) is 0 Å². The molecule has 1 fully saturated rings. The van der Waals surface area contributed by atoms with E-state index in [1.807, 2.05) is 43.4 Å². The summed E-state index contributed by atoms with van der Waals surface area (Å²) >= 11 is 18.1. The van der Waals surface area contributed by atoms with Crippen molar-refractivity contribution < 1.29 is 0 Å². The van der Waals surface area contributed by atoms with Gasteiger partial charge in [-0.25, -0.2) is 0 Å². The van der Waals surface area contributed by atoms with Crippen molar-refractivity contribution in [2.24, 2.45) is 0 Å². The Bertz CT molecular complexity index is 202. The Morgan fingerprint density at radius 2 is 0.889 bits per heavy atom. The first-order chi connectivity index (χ1) is 8.36. The molecule has 3 atom stereocenters. The number of halogens is 3. The highest BCUT2D eigenvalue weighted by atomic mass is 35.5. The molecule has 1 aliphatic rings. The maximum absolute atomic E-state index is 6.04. The Kier molecular flexibility index (Phi) is 7.82. The molecule has 3 unspecified atom stereocenters. The molecule has 0 aromatic rings. The van der Waals surface area contributed by atoms with Crippen molar-refractivity contribution in [2.45, 2.75) is 36.9 Å². The molecule has 0 aromatic heterocycles. The standard InChI is InChI=1S/C9H18B3Cl3N3/c1-7(13)4-16-10-17(5-8(2)14)12-18(11-16)6-9(3)15/h7-9H,4-6H2,1-3H3. The molecule has 0 aromatic carbocycles. The average molecular weight is 307 g/mol. The number of hydrogen-bond donors (Lipinski definition) is 0. The van der Waals surface area contributed by atoms with Crippen molar-refractivity contribution in [3.8, 4) is 0 Å². The van der Waals surface area contributed by atoms with Gasteiger partial charge in [0.2, 0.25) is 0 Å². The highest BCUT2D eigenvalue weighted by molar-refractivity contribution is 6.64. The maximum Gasteiger partial charge on any atom is 0.290 e. The van der Waals surface area contributed by atoms with E-state index in [1.54, 1.807) is 0 Å². The zero-order valence-corrected chi connectivity index (χ0v) is 13.3. The van der Waals surface area contributed by atoms with Crippen LogP contribution < -0.4 is 0 Å². The zero-order chi connectivity index (χ0) is 13.7. The van der Waals surface area contributed by atoms with Gasteiger partial charge >= 0.3 is 0 Å². The molecule has 1 aliphatic heterocycles.